The quantitative estimate of drug-likeness (QED) is 0.660. The summed E-state index contributed by atoms with van der Waals surface area (Å²) in [5, 5.41) is 6.42. The monoisotopic (exact) mass is 302 g/mol. The van der Waals surface area contributed by atoms with Crippen molar-refractivity contribution in [1.82, 2.24) is 15.5 Å². The van der Waals surface area contributed by atoms with Gasteiger partial charge in [-0.15, -0.1) is 0 Å². The minimum atomic E-state index is 0.137. The molecule has 1 unspecified atom stereocenters. The molecule has 0 aromatic heterocycles. The van der Waals surface area contributed by atoms with E-state index < -0.39 is 0 Å². The number of piperidine rings is 1. The van der Waals surface area contributed by atoms with Crippen molar-refractivity contribution in [3.05, 3.63) is 35.9 Å². The van der Waals surface area contributed by atoms with Gasteiger partial charge in [0.25, 0.3) is 0 Å². The first-order chi connectivity index (χ1) is 10.7. The summed E-state index contributed by atoms with van der Waals surface area (Å²) in [5.74, 6) is 0.803. The summed E-state index contributed by atoms with van der Waals surface area (Å²) in [4.78, 5) is 18.3. The van der Waals surface area contributed by atoms with Crippen molar-refractivity contribution in [2.45, 2.75) is 32.2 Å². The topological polar surface area (TPSA) is 56.7 Å². The molecule has 0 aliphatic carbocycles. The maximum absolute atomic E-state index is 12.2. The molecule has 1 atom stereocenters. The van der Waals surface area contributed by atoms with Crippen molar-refractivity contribution >= 4 is 11.9 Å². The Morgan fingerprint density at radius 2 is 1.91 bits per heavy atom. The molecule has 0 saturated carbocycles. The summed E-state index contributed by atoms with van der Waals surface area (Å²) in [5.41, 5.74) is 1.19. The fourth-order valence-corrected chi connectivity index (χ4v) is 2.64. The van der Waals surface area contributed by atoms with E-state index >= 15 is 0 Å². The van der Waals surface area contributed by atoms with Crippen LogP contribution < -0.4 is 10.6 Å². The molecule has 1 aromatic carbocycles. The number of amides is 1. The number of likely N-dealkylation sites (tertiary alicyclic amines) is 1. The smallest absolute Gasteiger partial charge is 0.241 e. The number of hydrogen-bond acceptors (Lipinski definition) is 2. The van der Waals surface area contributed by atoms with Crippen LogP contribution in [0.5, 0.6) is 0 Å². The van der Waals surface area contributed by atoms with E-state index in [9.17, 15) is 4.79 Å². The molecule has 2 rings (SSSR count). The average Bonchev–Trinajstić information content (AvgIpc) is 2.59. The first-order valence-corrected chi connectivity index (χ1v) is 8.00. The van der Waals surface area contributed by atoms with E-state index in [1.54, 1.807) is 7.05 Å². The van der Waals surface area contributed by atoms with Crippen LogP contribution in [-0.4, -0.2) is 43.4 Å². The molecule has 22 heavy (non-hydrogen) atoms. The maximum atomic E-state index is 12.2. The van der Waals surface area contributed by atoms with Gasteiger partial charge in [0.2, 0.25) is 5.91 Å². The van der Waals surface area contributed by atoms with Crippen LogP contribution in [0.25, 0.3) is 0 Å². The van der Waals surface area contributed by atoms with E-state index in [1.165, 1.54) is 12.0 Å². The Bertz CT molecular complexity index is 495. The molecular weight excluding hydrogens is 276 g/mol. The summed E-state index contributed by atoms with van der Waals surface area (Å²) in [6.07, 6.45) is 3.46. The second kappa shape index (κ2) is 8.41. The summed E-state index contributed by atoms with van der Waals surface area (Å²) in [7, 11) is 1.72. The fourth-order valence-electron chi connectivity index (χ4n) is 2.64. The zero-order valence-electron chi connectivity index (χ0n) is 13.5. The molecule has 1 saturated heterocycles. The van der Waals surface area contributed by atoms with Crippen LogP contribution in [0.1, 0.15) is 37.8 Å². The molecule has 0 radical (unpaired) electrons. The van der Waals surface area contributed by atoms with E-state index in [0.717, 1.165) is 25.9 Å². The van der Waals surface area contributed by atoms with E-state index in [4.69, 9.17) is 0 Å². The number of hydrogen-bond donors (Lipinski definition) is 2. The fraction of sp³-hybridized carbons (Fsp3) is 0.529. The third-order valence-electron chi connectivity index (χ3n) is 3.99. The Morgan fingerprint density at radius 1 is 1.23 bits per heavy atom. The Hall–Kier alpha value is -2.04. The second-order valence-corrected chi connectivity index (χ2v) is 5.64. The van der Waals surface area contributed by atoms with Crippen molar-refractivity contribution < 1.29 is 4.79 Å². The highest BCUT2D eigenvalue weighted by Gasteiger charge is 2.16. The van der Waals surface area contributed by atoms with Gasteiger partial charge >= 0.3 is 0 Å². The van der Waals surface area contributed by atoms with Gasteiger partial charge in [0.15, 0.2) is 5.96 Å². The van der Waals surface area contributed by atoms with Crippen LogP contribution in [0, 0.1) is 0 Å². The lowest BCUT2D eigenvalue weighted by Crippen LogP contribution is -2.46. The second-order valence-electron chi connectivity index (χ2n) is 5.64. The standard InChI is InChI=1S/C17H26N4O/c1-14(15-9-5-3-6-10-15)20-17(18-2)19-13-16(22)21-11-7-4-8-12-21/h3,5-6,9-10,14H,4,7-8,11-13H2,1-2H3,(H2,18,19,20). The van der Waals surface area contributed by atoms with Crippen molar-refractivity contribution in [3.8, 4) is 0 Å². The molecule has 1 heterocycles. The molecular formula is C17H26N4O. The van der Waals surface area contributed by atoms with Crippen molar-refractivity contribution in [1.29, 1.82) is 0 Å². The number of carbonyl (C=O) groups excluding carboxylic acids is 1. The third-order valence-corrected chi connectivity index (χ3v) is 3.99. The predicted octanol–water partition coefficient (Wildman–Crippen LogP) is 1.93. The molecule has 5 nitrogen and oxygen atoms in total. The number of rotatable bonds is 4. The highest BCUT2D eigenvalue weighted by atomic mass is 16.2. The Morgan fingerprint density at radius 3 is 2.55 bits per heavy atom. The van der Waals surface area contributed by atoms with Crippen molar-refractivity contribution in [2.24, 2.45) is 4.99 Å². The van der Waals surface area contributed by atoms with E-state index in [1.807, 2.05) is 23.1 Å². The highest BCUT2D eigenvalue weighted by molar-refractivity contribution is 5.86. The zero-order chi connectivity index (χ0) is 15.8. The summed E-state index contributed by atoms with van der Waals surface area (Å²) in [6, 6.07) is 10.3. The van der Waals surface area contributed by atoms with Gasteiger partial charge in [-0.1, -0.05) is 30.3 Å². The van der Waals surface area contributed by atoms with Crippen LogP contribution in [0.15, 0.2) is 35.3 Å². The van der Waals surface area contributed by atoms with Gasteiger partial charge in [0, 0.05) is 20.1 Å². The number of carbonyl (C=O) groups is 1. The van der Waals surface area contributed by atoms with Crippen LogP contribution >= 0.6 is 0 Å². The molecule has 1 fully saturated rings. The Kier molecular flexibility index (Phi) is 6.25. The van der Waals surface area contributed by atoms with Gasteiger partial charge in [-0.25, -0.2) is 0 Å². The van der Waals surface area contributed by atoms with E-state index in [2.05, 4.69) is 34.7 Å². The van der Waals surface area contributed by atoms with E-state index in [-0.39, 0.29) is 11.9 Å². The molecule has 120 valence electrons. The van der Waals surface area contributed by atoms with Gasteiger partial charge in [0.1, 0.15) is 0 Å². The first kappa shape index (κ1) is 16.3. The van der Waals surface area contributed by atoms with Gasteiger partial charge < -0.3 is 15.5 Å². The van der Waals surface area contributed by atoms with Gasteiger partial charge in [-0.2, -0.15) is 0 Å². The minimum Gasteiger partial charge on any atom is -0.350 e. The van der Waals surface area contributed by atoms with Crippen molar-refractivity contribution in [3.63, 3.8) is 0 Å². The highest BCUT2D eigenvalue weighted by Crippen LogP contribution is 2.11. The van der Waals surface area contributed by atoms with Gasteiger partial charge in [-0.05, 0) is 31.7 Å². The number of nitrogens with zero attached hydrogens (tertiary/aromatic N) is 2. The van der Waals surface area contributed by atoms with Gasteiger partial charge in [0.05, 0.1) is 12.6 Å². The predicted molar refractivity (Wildman–Crippen MR) is 89.8 cm³/mol. The van der Waals surface area contributed by atoms with Crippen LogP contribution in [0.4, 0.5) is 0 Å². The van der Waals surface area contributed by atoms with Crippen LogP contribution in [0.2, 0.25) is 0 Å². The lowest BCUT2D eigenvalue weighted by molar-refractivity contribution is -0.130. The van der Waals surface area contributed by atoms with Crippen LogP contribution in [-0.2, 0) is 4.79 Å². The SMILES string of the molecule is CN=C(NCC(=O)N1CCCCC1)NC(C)c1ccccc1. The lowest BCUT2D eigenvalue weighted by atomic mass is 10.1. The average molecular weight is 302 g/mol. The first-order valence-electron chi connectivity index (χ1n) is 8.00. The third kappa shape index (κ3) is 4.76. The van der Waals surface area contributed by atoms with Crippen LogP contribution in [0.3, 0.4) is 0 Å². The number of nitrogens with one attached hydrogen (secondary N) is 2. The van der Waals surface area contributed by atoms with Gasteiger partial charge in [-0.3, -0.25) is 9.79 Å². The Labute approximate surface area is 132 Å². The molecule has 5 heteroatoms. The molecule has 1 aromatic rings. The minimum absolute atomic E-state index is 0.137. The summed E-state index contributed by atoms with van der Waals surface area (Å²) in [6.45, 7) is 4.13. The lowest BCUT2D eigenvalue weighted by Gasteiger charge is -2.27. The van der Waals surface area contributed by atoms with Crippen molar-refractivity contribution in [2.75, 3.05) is 26.7 Å². The molecule has 2 N–H and O–H groups in total. The molecule has 1 aliphatic heterocycles. The summed E-state index contributed by atoms with van der Waals surface area (Å²) >= 11 is 0. The zero-order valence-corrected chi connectivity index (χ0v) is 13.5. The Balaban J connectivity index is 1.81. The molecule has 0 bridgehead atoms. The van der Waals surface area contributed by atoms with E-state index in [0.29, 0.717) is 12.5 Å². The summed E-state index contributed by atoms with van der Waals surface area (Å²) < 4.78 is 0. The number of guanidine groups is 1. The number of aliphatic imine (C=N–C) groups is 1. The molecule has 1 amide bonds. The molecule has 1 aliphatic rings. The molecule has 0 spiro atoms. The normalized spacial score (nSPS) is 17.0. The maximum Gasteiger partial charge on any atom is 0.241 e. The number of benzene rings is 1. The largest absolute Gasteiger partial charge is 0.350 e.